The Labute approximate surface area is 113 Å². The van der Waals surface area contributed by atoms with Gasteiger partial charge in [0.15, 0.2) is 0 Å². The van der Waals surface area contributed by atoms with Crippen molar-refractivity contribution in [2.75, 3.05) is 6.54 Å². The van der Waals surface area contributed by atoms with Gasteiger partial charge in [0.25, 0.3) is 0 Å². The van der Waals surface area contributed by atoms with E-state index in [1.54, 1.807) is 27.7 Å². The molecule has 1 amide bonds. The van der Waals surface area contributed by atoms with Crippen LogP contribution >= 0.6 is 0 Å². The standard InChI is InChI=1S/C14H20N2O3/c1-10-12(8-15)11(9-17)6-5-7-16(10)13(18)19-14(2,3)4/h10,12H,5-7H2,1-4H3/t10-,12?/m0/s1. The molecule has 0 spiro atoms. The van der Waals surface area contributed by atoms with E-state index in [1.807, 2.05) is 5.94 Å². The van der Waals surface area contributed by atoms with E-state index in [9.17, 15) is 14.9 Å². The lowest BCUT2D eigenvalue weighted by Crippen LogP contribution is -2.44. The van der Waals surface area contributed by atoms with Crippen molar-refractivity contribution in [1.29, 1.82) is 5.26 Å². The molecule has 2 atom stereocenters. The van der Waals surface area contributed by atoms with Crippen LogP contribution in [0.25, 0.3) is 0 Å². The van der Waals surface area contributed by atoms with Crippen LogP contribution in [0.3, 0.4) is 0 Å². The Kier molecular flexibility index (Phi) is 4.74. The molecule has 19 heavy (non-hydrogen) atoms. The molecule has 0 aromatic rings. The predicted octanol–water partition coefficient (Wildman–Crippen LogP) is 2.30. The number of carbonyl (C=O) groups is 1. The van der Waals surface area contributed by atoms with Gasteiger partial charge in [0.1, 0.15) is 11.5 Å². The molecule has 0 aliphatic carbocycles. The minimum absolute atomic E-state index is 0.376. The second-order valence-electron chi connectivity index (χ2n) is 5.75. The summed E-state index contributed by atoms with van der Waals surface area (Å²) in [6.07, 6.45) is 0.713. The molecule has 104 valence electrons. The fourth-order valence-electron chi connectivity index (χ4n) is 2.15. The summed E-state index contributed by atoms with van der Waals surface area (Å²) in [5, 5.41) is 9.19. The molecule has 0 bridgehead atoms. The maximum Gasteiger partial charge on any atom is 0.410 e. The van der Waals surface area contributed by atoms with E-state index in [0.29, 0.717) is 25.0 Å². The van der Waals surface area contributed by atoms with Crippen molar-refractivity contribution in [3.05, 3.63) is 5.57 Å². The van der Waals surface area contributed by atoms with E-state index < -0.39 is 17.6 Å². The number of amides is 1. The average molecular weight is 264 g/mol. The van der Waals surface area contributed by atoms with Crippen molar-refractivity contribution in [3.8, 4) is 6.07 Å². The fraction of sp³-hybridized carbons (Fsp3) is 0.714. The van der Waals surface area contributed by atoms with Gasteiger partial charge in [0.05, 0.1) is 18.0 Å². The highest BCUT2D eigenvalue weighted by Crippen LogP contribution is 2.27. The van der Waals surface area contributed by atoms with Crippen LogP contribution in [-0.2, 0) is 9.53 Å². The van der Waals surface area contributed by atoms with Crippen LogP contribution in [-0.4, -0.2) is 35.1 Å². The van der Waals surface area contributed by atoms with Crippen molar-refractivity contribution < 1.29 is 14.3 Å². The van der Waals surface area contributed by atoms with Gasteiger partial charge >= 0.3 is 6.09 Å². The highest BCUT2D eigenvalue weighted by atomic mass is 16.6. The maximum atomic E-state index is 12.1. The smallest absolute Gasteiger partial charge is 0.410 e. The summed E-state index contributed by atoms with van der Waals surface area (Å²) < 4.78 is 5.33. The van der Waals surface area contributed by atoms with Crippen LogP contribution in [0.2, 0.25) is 0 Å². The number of hydrogen-bond donors (Lipinski definition) is 0. The quantitative estimate of drug-likeness (QED) is 0.629. The molecule has 1 fully saturated rings. The Morgan fingerprint density at radius 3 is 2.58 bits per heavy atom. The zero-order valence-corrected chi connectivity index (χ0v) is 11.9. The van der Waals surface area contributed by atoms with E-state index in [1.165, 1.54) is 4.90 Å². The van der Waals surface area contributed by atoms with E-state index in [2.05, 4.69) is 6.07 Å². The molecule has 0 N–H and O–H groups in total. The number of likely N-dealkylation sites (tertiary alicyclic amines) is 1. The fourth-order valence-corrected chi connectivity index (χ4v) is 2.15. The summed E-state index contributed by atoms with van der Waals surface area (Å²) in [7, 11) is 0. The van der Waals surface area contributed by atoms with E-state index in [0.717, 1.165) is 0 Å². The Hall–Kier alpha value is -1.79. The molecule has 0 saturated carbocycles. The predicted molar refractivity (Wildman–Crippen MR) is 69.9 cm³/mol. The molecular formula is C14H20N2O3. The first-order valence-corrected chi connectivity index (χ1v) is 6.43. The largest absolute Gasteiger partial charge is 0.444 e. The minimum atomic E-state index is -0.604. The van der Waals surface area contributed by atoms with Crippen LogP contribution in [0, 0.1) is 17.2 Å². The Balaban J connectivity index is 2.94. The number of hydrogen-bond acceptors (Lipinski definition) is 4. The molecule has 5 nitrogen and oxygen atoms in total. The van der Waals surface area contributed by atoms with Crippen molar-refractivity contribution in [1.82, 2.24) is 4.90 Å². The van der Waals surface area contributed by atoms with Crippen LogP contribution in [0.1, 0.15) is 40.5 Å². The van der Waals surface area contributed by atoms with Crippen LogP contribution < -0.4 is 0 Å². The van der Waals surface area contributed by atoms with Crippen LogP contribution in [0.5, 0.6) is 0 Å². The van der Waals surface area contributed by atoms with Gasteiger partial charge in [-0.25, -0.2) is 9.59 Å². The van der Waals surface area contributed by atoms with Gasteiger partial charge < -0.3 is 9.64 Å². The number of rotatable bonds is 0. The molecule has 0 aromatic carbocycles. The van der Waals surface area contributed by atoms with Gasteiger partial charge in [0, 0.05) is 12.1 Å². The third-order valence-corrected chi connectivity index (χ3v) is 3.09. The Morgan fingerprint density at radius 1 is 1.47 bits per heavy atom. The van der Waals surface area contributed by atoms with Crippen LogP contribution in [0.4, 0.5) is 4.79 Å². The molecule has 1 heterocycles. The van der Waals surface area contributed by atoms with Crippen LogP contribution in [0.15, 0.2) is 5.57 Å². The van der Waals surface area contributed by atoms with E-state index in [-0.39, 0.29) is 6.04 Å². The Morgan fingerprint density at radius 2 is 2.11 bits per heavy atom. The number of carbonyl (C=O) groups excluding carboxylic acids is 2. The van der Waals surface area contributed by atoms with E-state index >= 15 is 0 Å². The third kappa shape index (κ3) is 3.84. The summed E-state index contributed by atoms with van der Waals surface area (Å²) in [5.74, 6) is 1.24. The molecule has 1 aliphatic heterocycles. The monoisotopic (exact) mass is 264 g/mol. The summed E-state index contributed by atoms with van der Waals surface area (Å²) in [4.78, 5) is 24.5. The van der Waals surface area contributed by atoms with Crippen molar-refractivity contribution in [3.63, 3.8) is 0 Å². The van der Waals surface area contributed by atoms with Gasteiger partial charge in [-0.3, -0.25) is 0 Å². The highest BCUT2D eigenvalue weighted by molar-refractivity contribution is 5.69. The summed E-state index contributed by atoms with van der Waals surface area (Å²) >= 11 is 0. The molecule has 0 aromatic heterocycles. The second kappa shape index (κ2) is 5.90. The van der Waals surface area contributed by atoms with Gasteiger partial charge in [-0.05, 0) is 40.5 Å². The second-order valence-corrected chi connectivity index (χ2v) is 5.75. The van der Waals surface area contributed by atoms with E-state index in [4.69, 9.17) is 4.74 Å². The summed E-state index contributed by atoms with van der Waals surface area (Å²) in [6.45, 7) is 7.64. The number of nitrogens with zero attached hydrogens (tertiary/aromatic N) is 2. The first-order chi connectivity index (χ1) is 8.80. The van der Waals surface area contributed by atoms with Gasteiger partial charge in [-0.15, -0.1) is 0 Å². The normalized spacial score (nSPS) is 24.2. The van der Waals surface area contributed by atoms with Crippen molar-refractivity contribution >= 4 is 12.0 Å². The molecule has 1 aliphatic rings. The molecular weight excluding hydrogens is 244 g/mol. The number of ether oxygens (including phenoxy) is 1. The molecule has 5 heteroatoms. The highest BCUT2D eigenvalue weighted by Gasteiger charge is 2.35. The third-order valence-electron chi connectivity index (χ3n) is 3.09. The molecule has 1 saturated heterocycles. The average Bonchev–Trinajstić information content (AvgIpc) is 2.45. The summed E-state index contributed by atoms with van der Waals surface area (Å²) in [5.41, 5.74) is -0.129. The SMILES string of the molecule is C[C@H]1C(C#N)C(=C=O)CCCN1C(=O)OC(C)(C)C. The topological polar surface area (TPSA) is 70.4 Å². The molecule has 1 unspecified atom stereocenters. The van der Waals surface area contributed by atoms with Gasteiger partial charge in [-0.1, -0.05) is 0 Å². The van der Waals surface area contributed by atoms with Gasteiger partial charge in [-0.2, -0.15) is 5.26 Å². The lowest BCUT2D eigenvalue weighted by molar-refractivity contribution is 0.0166. The maximum absolute atomic E-state index is 12.1. The first-order valence-electron chi connectivity index (χ1n) is 6.43. The zero-order valence-electron chi connectivity index (χ0n) is 11.9. The first kappa shape index (κ1) is 15.3. The lowest BCUT2D eigenvalue weighted by Gasteiger charge is -2.31. The number of nitriles is 1. The van der Waals surface area contributed by atoms with Crippen molar-refractivity contribution in [2.24, 2.45) is 5.92 Å². The zero-order chi connectivity index (χ0) is 14.6. The summed E-state index contributed by atoms with van der Waals surface area (Å²) in [6, 6.07) is 1.72. The van der Waals surface area contributed by atoms with Crippen molar-refractivity contribution in [2.45, 2.75) is 52.2 Å². The minimum Gasteiger partial charge on any atom is -0.444 e. The lowest BCUT2D eigenvalue weighted by atomic mass is 9.93. The van der Waals surface area contributed by atoms with Gasteiger partial charge in [0.2, 0.25) is 0 Å². The Bertz CT molecular complexity index is 439. The molecule has 0 radical (unpaired) electrons. The molecule has 1 rings (SSSR count).